The van der Waals surface area contributed by atoms with Crippen molar-refractivity contribution >= 4 is 11.6 Å². The van der Waals surface area contributed by atoms with E-state index in [1.54, 1.807) is 0 Å². The number of nitro benzene ring substituents is 1. The lowest BCUT2D eigenvalue weighted by molar-refractivity contribution is -0.385. The van der Waals surface area contributed by atoms with Crippen molar-refractivity contribution in [1.29, 1.82) is 0 Å². The average Bonchev–Trinajstić information content (AvgIpc) is 2.44. The summed E-state index contributed by atoms with van der Waals surface area (Å²) in [5, 5.41) is 13.5. The zero-order chi connectivity index (χ0) is 16.0. The summed E-state index contributed by atoms with van der Waals surface area (Å²) >= 11 is 0. The number of hydrogen-bond donors (Lipinski definition) is 1. The van der Waals surface area contributed by atoms with Crippen LogP contribution in [0.2, 0.25) is 0 Å². The summed E-state index contributed by atoms with van der Waals surface area (Å²) in [6.45, 7) is 5.66. The molecule has 0 spiro atoms. The van der Waals surface area contributed by atoms with Crippen LogP contribution < -0.4 is 14.8 Å². The molecule has 0 bridgehead atoms. The molecular formula is C14H20N2O5. The van der Waals surface area contributed by atoms with Gasteiger partial charge in [0.05, 0.1) is 18.1 Å². The number of methoxy groups -OCH3 is 1. The first-order chi connectivity index (χ1) is 9.85. The van der Waals surface area contributed by atoms with E-state index in [1.807, 2.05) is 20.8 Å². The van der Waals surface area contributed by atoms with E-state index in [-0.39, 0.29) is 30.0 Å². The Hall–Kier alpha value is -2.31. The first-order valence-corrected chi connectivity index (χ1v) is 6.59. The highest BCUT2D eigenvalue weighted by Gasteiger charge is 2.15. The van der Waals surface area contributed by atoms with Gasteiger partial charge in [-0.05, 0) is 18.9 Å². The van der Waals surface area contributed by atoms with Crippen molar-refractivity contribution in [3.05, 3.63) is 28.3 Å². The number of rotatable bonds is 7. The van der Waals surface area contributed by atoms with Gasteiger partial charge in [-0.15, -0.1) is 0 Å². The maximum absolute atomic E-state index is 11.7. The van der Waals surface area contributed by atoms with E-state index in [0.717, 1.165) is 0 Å². The van der Waals surface area contributed by atoms with Crippen molar-refractivity contribution in [3.8, 4) is 11.5 Å². The van der Waals surface area contributed by atoms with Gasteiger partial charge in [-0.3, -0.25) is 14.9 Å². The fraction of sp³-hybridized carbons (Fsp3) is 0.500. The molecule has 0 aliphatic heterocycles. The van der Waals surface area contributed by atoms with Crippen LogP contribution >= 0.6 is 0 Å². The molecule has 0 saturated heterocycles. The van der Waals surface area contributed by atoms with Crippen molar-refractivity contribution < 1.29 is 19.2 Å². The Labute approximate surface area is 123 Å². The number of carbonyl (C=O) groups excluding carboxylic acids is 1. The zero-order valence-electron chi connectivity index (χ0n) is 12.6. The minimum atomic E-state index is -0.535. The number of ether oxygens (including phenoxy) is 2. The molecule has 1 aromatic rings. The van der Waals surface area contributed by atoms with Crippen LogP contribution in [-0.4, -0.2) is 30.6 Å². The normalized spacial score (nSPS) is 11.9. The summed E-state index contributed by atoms with van der Waals surface area (Å²) in [4.78, 5) is 21.9. The number of non-ortho nitro benzene ring substituents is 1. The first-order valence-electron chi connectivity index (χ1n) is 6.59. The monoisotopic (exact) mass is 296 g/mol. The van der Waals surface area contributed by atoms with Crippen LogP contribution in [0, 0.1) is 16.0 Å². The maximum atomic E-state index is 11.7. The van der Waals surface area contributed by atoms with Crippen molar-refractivity contribution in [2.75, 3.05) is 13.7 Å². The summed E-state index contributed by atoms with van der Waals surface area (Å²) in [6, 6.07) is 4.00. The summed E-state index contributed by atoms with van der Waals surface area (Å²) in [5.74, 6) is 0.524. The van der Waals surface area contributed by atoms with Crippen LogP contribution in [0.4, 0.5) is 5.69 Å². The van der Waals surface area contributed by atoms with Gasteiger partial charge in [0.1, 0.15) is 0 Å². The van der Waals surface area contributed by atoms with Crippen molar-refractivity contribution in [2.45, 2.75) is 26.8 Å². The van der Waals surface area contributed by atoms with E-state index in [4.69, 9.17) is 9.47 Å². The second-order valence-corrected chi connectivity index (χ2v) is 4.98. The molecular weight excluding hydrogens is 276 g/mol. The Morgan fingerprint density at radius 2 is 2.00 bits per heavy atom. The molecule has 0 aliphatic rings. The molecule has 1 amide bonds. The lowest BCUT2D eigenvalue weighted by atomic mass is 10.1. The van der Waals surface area contributed by atoms with Crippen LogP contribution in [-0.2, 0) is 4.79 Å². The summed E-state index contributed by atoms with van der Waals surface area (Å²) in [7, 11) is 1.43. The maximum Gasteiger partial charge on any atom is 0.273 e. The predicted octanol–water partition coefficient (Wildman–Crippen LogP) is 2.14. The van der Waals surface area contributed by atoms with Crippen LogP contribution in [0.25, 0.3) is 0 Å². The summed E-state index contributed by atoms with van der Waals surface area (Å²) in [5.41, 5.74) is -0.123. The zero-order valence-corrected chi connectivity index (χ0v) is 12.6. The molecule has 21 heavy (non-hydrogen) atoms. The number of nitrogens with zero attached hydrogens (tertiary/aromatic N) is 1. The number of hydrogen-bond acceptors (Lipinski definition) is 5. The molecule has 1 atom stereocenters. The second-order valence-electron chi connectivity index (χ2n) is 4.98. The largest absolute Gasteiger partial charge is 0.493 e. The number of nitro groups is 1. The van der Waals surface area contributed by atoms with E-state index < -0.39 is 4.92 Å². The van der Waals surface area contributed by atoms with Crippen LogP contribution in [0.5, 0.6) is 11.5 Å². The van der Waals surface area contributed by atoms with Crippen molar-refractivity contribution in [3.63, 3.8) is 0 Å². The predicted molar refractivity (Wildman–Crippen MR) is 77.6 cm³/mol. The first kappa shape index (κ1) is 16.7. The minimum Gasteiger partial charge on any atom is -0.493 e. The molecule has 0 fully saturated rings. The Morgan fingerprint density at radius 3 is 2.52 bits per heavy atom. The summed E-state index contributed by atoms with van der Waals surface area (Å²) in [6.07, 6.45) is 0. The molecule has 0 aromatic heterocycles. The fourth-order valence-electron chi connectivity index (χ4n) is 1.50. The molecule has 7 nitrogen and oxygen atoms in total. The highest BCUT2D eigenvalue weighted by molar-refractivity contribution is 5.78. The van der Waals surface area contributed by atoms with Gasteiger partial charge in [-0.1, -0.05) is 13.8 Å². The summed E-state index contributed by atoms with van der Waals surface area (Å²) < 4.78 is 10.4. The van der Waals surface area contributed by atoms with Gasteiger partial charge < -0.3 is 14.8 Å². The van der Waals surface area contributed by atoms with Gasteiger partial charge in [0, 0.05) is 12.1 Å². The molecule has 0 saturated carbocycles. The third-order valence-corrected chi connectivity index (χ3v) is 3.11. The molecule has 0 radical (unpaired) electrons. The average molecular weight is 296 g/mol. The second kappa shape index (κ2) is 7.47. The van der Waals surface area contributed by atoms with Gasteiger partial charge in [-0.2, -0.15) is 0 Å². The topological polar surface area (TPSA) is 90.7 Å². The fourth-order valence-corrected chi connectivity index (χ4v) is 1.50. The Kier molecular flexibility index (Phi) is 5.95. The lowest BCUT2D eigenvalue weighted by Gasteiger charge is -2.17. The van der Waals surface area contributed by atoms with Crippen LogP contribution in [0.15, 0.2) is 18.2 Å². The van der Waals surface area contributed by atoms with Gasteiger partial charge in [0.25, 0.3) is 11.6 Å². The quantitative estimate of drug-likeness (QED) is 0.615. The van der Waals surface area contributed by atoms with Crippen molar-refractivity contribution in [2.24, 2.45) is 5.92 Å². The molecule has 0 heterocycles. The highest BCUT2D eigenvalue weighted by Crippen LogP contribution is 2.30. The van der Waals surface area contributed by atoms with E-state index in [1.165, 1.54) is 25.3 Å². The van der Waals surface area contributed by atoms with Gasteiger partial charge >= 0.3 is 0 Å². The molecule has 1 unspecified atom stereocenters. The van der Waals surface area contributed by atoms with Crippen LogP contribution in [0.1, 0.15) is 20.8 Å². The molecule has 1 N–H and O–H groups in total. The SMILES string of the molecule is COc1ccc([N+](=O)[O-])cc1OCC(=O)NC(C)C(C)C. The molecule has 1 aromatic carbocycles. The van der Waals surface area contributed by atoms with Gasteiger partial charge in [0.2, 0.25) is 0 Å². The Bertz CT molecular complexity index is 516. The number of nitrogens with one attached hydrogen (secondary N) is 1. The van der Waals surface area contributed by atoms with Gasteiger partial charge in [-0.25, -0.2) is 0 Å². The minimum absolute atomic E-state index is 0.0214. The molecule has 7 heteroatoms. The van der Waals surface area contributed by atoms with E-state index >= 15 is 0 Å². The number of carbonyl (C=O) groups is 1. The van der Waals surface area contributed by atoms with Gasteiger partial charge in [0.15, 0.2) is 18.1 Å². The molecule has 1 rings (SSSR count). The van der Waals surface area contributed by atoms with Crippen LogP contribution in [0.3, 0.4) is 0 Å². The lowest BCUT2D eigenvalue weighted by Crippen LogP contribution is -2.38. The third kappa shape index (κ3) is 4.94. The third-order valence-electron chi connectivity index (χ3n) is 3.11. The van der Waals surface area contributed by atoms with E-state index in [9.17, 15) is 14.9 Å². The Morgan fingerprint density at radius 1 is 1.33 bits per heavy atom. The Balaban J connectivity index is 2.71. The standard InChI is InChI=1S/C14H20N2O5/c1-9(2)10(3)15-14(17)8-21-13-7-11(16(18)19)5-6-12(13)20-4/h5-7,9-10H,8H2,1-4H3,(H,15,17). The smallest absolute Gasteiger partial charge is 0.273 e. The highest BCUT2D eigenvalue weighted by atomic mass is 16.6. The van der Waals surface area contributed by atoms with E-state index in [2.05, 4.69) is 5.32 Å². The van der Waals surface area contributed by atoms with Crippen molar-refractivity contribution in [1.82, 2.24) is 5.32 Å². The number of amides is 1. The van der Waals surface area contributed by atoms with E-state index in [0.29, 0.717) is 11.7 Å². The molecule has 116 valence electrons. The number of benzene rings is 1. The molecule has 0 aliphatic carbocycles.